The average Bonchev–Trinajstić information content (AvgIpc) is 2.32. The average molecular weight is 245 g/mol. The van der Waals surface area contributed by atoms with E-state index < -0.39 is 10.5 Å². The Kier molecular flexibility index (Phi) is 3.35. The third-order valence-electron chi connectivity index (χ3n) is 2.41. The van der Waals surface area contributed by atoms with Gasteiger partial charge in [0.2, 0.25) is 0 Å². The van der Waals surface area contributed by atoms with Gasteiger partial charge in [-0.3, -0.25) is 0 Å². The molecule has 0 aromatic heterocycles. The Bertz CT molecular complexity index is 653. The topological polar surface area (TPSA) is 46.5 Å². The van der Waals surface area contributed by atoms with E-state index in [1.54, 1.807) is 6.07 Å². The summed E-state index contributed by atoms with van der Waals surface area (Å²) in [5.74, 6) is 0. The van der Waals surface area contributed by atoms with Crippen molar-refractivity contribution in [3.63, 3.8) is 0 Å². The van der Waals surface area contributed by atoms with Crippen molar-refractivity contribution in [2.45, 2.75) is 6.92 Å². The number of aryl methyl sites for hydroxylation is 1. The molecule has 0 atom stereocenters. The van der Waals surface area contributed by atoms with Crippen molar-refractivity contribution in [2.24, 2.45) is 4.36 Å². The van der Waals surface area contributed by atoms with E-state index in [2.05, 4.69) is 4.36 Å². The first-order chi connectivity index (χ1) is 8.16. The van der Waals surface area contributed by atoms with Gasteiger partial charge in [-0.15, -0.1) is 4.36 Å². The lowest BCUT2D eigenvalue weighted by Gasteiger charge is -2.05. The van der Waals surface area contributed by atoms with E-state index in [4.69, 9.17) is 0 Å². The quantitative estimate of drug-likeness (QED) is 0.814. The Morgan fingerprint density at radius 2 is 1.71 bits per heavy atom. The van der Waals surface area contributed by atoms with E-state index in [0.29, 0.717) is 5.69 Å². The predicted molar refractivity (Wildman–Crippen MR) is 67.6 cm³/mol. The molecule has 86 valence electrons. The first-order valence-corrected chi connectivity index (χ1v) is 6.17. The molecular weight excluding hydrogens is 234 g/mol. The fourth-order valence-electron chi connectivity index (χ4n) is 1.66. The maximum Gasteiger partial charge on any atom is 0.316 e. The zero-order chi connectivity index (χ0) is 12.3. The summed E-state index contributed by atoms with van der Waals surface area (Å²) in [6.07, 6.45) is 0. The van der Waals surface area contributed by atoms with E-state index in [-0.39, 0.29) is 0 Å². The van der Waals surface area contributed by atoms with Crippen LogP contribution >= 0.6 is 0 Å². The van der Waals surface area contributed by atoms with Crippen LogP contribution in [-0.4, -0.2) is 8.42 Å². The third kappa shape index (κ3) is 2.79. The van der Waals surface area contributed by atoms with E-state index in [1.807, 2.05) is 49.4 Å². The zero-order valence-corrected chi connectivity index (χ0v) is 10.1. The Morgan fingerprint density at radius 3 is 2.35 bits per heavy atom. The van der Waals surface area contributed by atoms with Crippen LogP contribution in [-0.2, 0) is 10.5 Å². The van der Waals surface area contributed by atoms with Crippen LogP contribution in [0.5, 0.6) is 0 Å². The molecule has 0 spiro atoms. The van der Waals surface area contributed by atoms with Crippen molar-refractivity contribution < 1.29 is 8.42 Å². The lowest BCUT2D eigenvalue weighted by atomic mass is 10.0. The van der Waals surface area contributed by atoms with Crippen molar-refractivity contribution in [1.29, 1.82) is 0 Å². The van der Waals surface area contributed by atoms with Gasteiger partial charge in [-0.1, -0.05) is 42.0 Å². The highest BCUT2D eigenvalue weighted by molar-refractivity contribution is 7.61. The van der Waals surface area contributed by atoms with E-state index >= 15 is 0 Å². The Labute approximate surface area is 101 Å². The molecule has 0 amide bonds. The number of hydrogen-bond acceptors (Lipinski definition) is 3. The molecule has 0 aliphatic heterocycles. The van der Waals surface area contributed by atoms with Crippen LogP contribution in [0, 0.1) is 6.92 Å². The minimum absolute atomic E-state index is 0.468. The molecule has 0 bridgehead atoms. The molecule has 0 fully saturated rings. The molecule has 0 radical (unpaired) electrons. The molecule has 17 heavy (non-hydrogen) atoms. The largest absolute Gasteiger partial charge is 0.316 e. The second kappa shape index (κ2) is 4.93. The minimum atomic E-state index is -2.43. The smallest absolute Gasteiger partial charge is 0.163 e. The van der Waals surface area contributed by atoms with Crippen LogP contribution in [0.4, 0.5) is 5.69 Å². The van der Waals surface area contributed by atoms with Crippen LogP contribution in [0.1, 0.15) is 5.56 Å². The number of nitrogens with zero attached hydrogens (tertiary/aromatic N) is 1. The highest BCUT2D eigenvalue weighted by Gasteiger charge is 2.04. The molecule has 2 aromatic rings. The Hall–Kier alpha value is -1.94. The summed E-state index contributed by atoms with van der Waals surface area (Å²) < 4.78 is 24.9. The summed E-state index contributed by atoms with van der Waals surface area (Å²) in [4.78, 5) is 0. The summed E-state index contributed by atoms with van der Waals surface area (Å²) >= 11 is 0. The number of rotatable bonds is 2. The van der Waals surface area contributed by atoms with Crippen molar-refractivity contribution in [1.82, 2.24) is 0 Å². The van der Waals surface area contributed by atoms with Crippen molar-refractivity contribution >= 4 is 16.2 Å². The van der Waals surface area contributed by atoms with Gasteiger partial charge in [0.1, 0.15) is 0 Å². The van der Waals surface area contributed by atoms with Gasteiger partial charge in [-0.25, -0.2) is 0 Å². The van der Waals surface area contributed by atoms with Gasteiger partial charge in [0.05, 0.1) is 5.69 Å². The maximum absolute atomic E-state index is 10.7. The first kappa shape index (κ1) is 11.5. The van der Waals surface area contributed by atoms with Gasteiger partial charge in [-0.05, 0) is 24.6 Å². The molecule has 0 aliphatic carbocycles. The first-order valence-electron chi connectivity index (χ1n) is 5.14. The van der Waals surface area contributed by atoms with Crippen LogP contribution in [0.15, 0.2) is 52.9 Å². The fourth-order valence-corrected chi connectivity index (χ4v) is 1.98. The molecule has 4 heteroatoms. The minimum Gasteiger partial charge on any atom is -0.163 e. The molecule has 0 heterocycles. The van der Waals surface area contributed by atoms with Gasteiger partial charge in [-0.2, -0.15) is 8.42 Å². The normalized spacial score (nSPS) is 9.94. The maximum atomic E-state index is 10.7. The van der Waals surface area contributed by atoms with E-state index in [0.717, 1.165) is 16.7 Å². The Morgan fingerprint density at radius 1 is 1.00 bits per heavy atom. The molecule has 0 unspecified atom stereocenters. The zero-order valence-electron chi connectivity index (χ0n) is 9.29. The molecule has 0 saturated carbocycles. The third-order valence-corrected chi connectivity index (χ3v) is 2.76. The lowest BCUT2D eigenvalue weighted by Crippen LogP contribution is -1.81. The molecule has 2 rings (SSSR count). The van der Waals surface area contributed by atoms with Crippen molar-refractivity contribution in [3.05, 3.63) is 54.1 Å². The molecule has 0 aliphatic rings. The molecule has 2 aromatic carbocycles. The predicted octanol–water partition coefficient (Wildman–Crippen LogP) is 3.36. The van der Waals surface area contributed by atoms with Crippen molar-refractivity contribution in [3.8, 4) is 11.1 Å². The summed E-state index contributed by atoms with van der Waals surface area (Å²) in [5, 5.41) is 0. The van der Waals surface area contributed by atoms with Crippen LogP contribution in [0.3, 0.4) is 0 Å². The standard InChI is InChI=1S/C13H11NO2S/c1-10-7-8-13(14-17(15)16)12(9-10)11-5-3-2-4-6-11/h2-9H,1H3. The summed E-state index contributed by atoms with van der Waals surface area (Å²) in [6.45, 7) is 1.96. The van der Waals surface area contributed by atoms with Gasteiger partial charge in [0.25, 0.3) is 0 Å². The van der Waals surface area contributed by atoms with Crippen LogP contribution < -0.4 is 0 Å². The van der Waals surface area contributed by atoms with E-state index in [9.17, 15) is 8.42 Å². The second-order valence-corrected chi connectivity index (χ2v) is 4.31. The highest BCUT2D eigenvalue weighted by Crippen LogP contribution is 2.30. The van der Waals surface area contributed by atoms with Crippen molar-refractivity contribution in [2.75, 3.05) is 0 Å². The summed E-state index contributed by atoms with van der Waals surface area (Å²) in [7, 11) is -2.43. The molecule has 0 N–H and O–H groups in total. The molecule has 0 saturated heterocycles. The molecule has 3 nitrogen and oxygen atoms in total. The highest BCUT2D eigenvalue weighted by atomic mass is 32.2. The van der Waals surface area contributed by atoms with Gasteiger partial charge >= 0.3 is 10.5 Å². The van der Waals surface area contributed by atoms with Gasteiger partial charge in [0.15, 0.2) is 0 Å². The van der Waals surface area contributed by atoms with Crippen LogP contribution in [0.25, 0.3) is 11.1 Å². The SMILES string of the molecule is Cc1ccc(N=S(=O)=O)c(-c2ccccc2)c1. The van der Waals surface area contributed by atoms with Gasteiger partial charge in [0, 0.05) is 5.56 Å². The van der Waals surface area contributed by atoms with Crippen LogP contribution in [0.2, 0.25) is 0 Å². The van der Waals surface area contributed by atoms with E-state index in [1.165, 1.54) is 0 Å². The molecular formula is C13H11NO2S. The second-order valence-electron chi connectivity index (χ2n) is 3.70. The number of hydrogen-bond donors (Lipinski definition) is 0. The Balaban J connectivity index is 2.67. The lowest BCUT2D eigenvalue weighted by molar-refractivity contribution is 0.622. The monoisotopic (exact) mass is 245 g/mol. The summed E-state index contributed by atoms with van der Waals surface area (Å²) in [5.41, 5.74) is 3.32. The van der Waals surface area contributed by atoms with Gasteiger partial charge < -0.3 is 0 Å². The number of benzene rings is 2. The summed E-state index contributed by atoms with van der Waals surface area (Å²) in [6, 6.07) is 15.1. The fraction of sp³-hybridized carbons (Fsp3) is 0.0769.